The van der Waals surface area contributed by atoms with Crippen LogP contribution in [0, 0.1) is 11.3 Å². The minimum atomic E-state index is -0.151. The van der Waals surface area contributed by atoms with Crippen molar-refractivity contribution in [3.8, 4) is 73.9 Å². The smallest absolute Gasteiger partial charge is 0.164 e. The minimum Gasteiger partial charge on any atom is -0.456 e. The second kappa shape index (κ2) is 15.8. The van der Waals surface area contributed by atoms with Gasteiger partial charge in [0, 0.05) is 60.1 Å². The van der Waals surface area contributed by atoms with Gasteiger partial charge in [0.2, 0.25) is 0 Å². The number of nitriles is 1. The van der Waals surface area contributed by atoms with Crippen LogP contribution in [0.3, 0.4) is 0 Å². The molecule has 7 heteroatoms. The third-order valence-electron chi connectivity index (χ3n) is 15.4. The van der Waals surface area contributed by atoms with Gasteiger partial charge in [-0.25, -0.2) is 15.0 Å². The summed E-state index contributed by atoms with van der Waals surface area (Å²) in [4.78, 5) is 15.6. The van der Waals surface area contributed by atoms with E-state index >= 15 is 0 Å². The lowest BCUT2D eigenvalue weighted by molar-refractivity contribution is 0.660. The maximum absolute atomic E-state index is 11.3. The molecule has 0 unspecified atom stereocenters. The summed E-state index contributed by atoms with van der Waals surface area (Å²) in [6.45, 7) is 4.67. The van der Waals surface area contributed by atoms with Crippen molar-refractivity contribution in [2.45, 2.75) is 19.3 Å². The molecule has 4 heterocycles. The Labute approximate surface area is 425 Å². The molecule has 1 aliphatic rings. The summed E-state index contributed by atoms with van der Waals surface area (Å²) in [7, 11) is 0. The third kappa shape index (κ3) is 6.15. The monoisotopic (exact) mass is 946 g/mol. The Morgan fingerprint density at radius 2 is 1.04 bits per heavy atom. The van der Waals surface area contributed by atoms with Crippen molar-refractivity contribution < 1.29 is 4.42 Å². The highest BCUT2D eigenvalue weighted by Crippen LogP contribution is 2.50. The molecule has 0 radical (unpaired) electrons. The molecule has 0 bridgehead atoms. The van der Waals surface area contributed by atoms with Crippen molar-refractivity contribution >= 4 is 65.6 Å². The highest BCUT2D eigenvalue weighted by Gasteiger charge is 2.35. The molecule has 74 heavy (non-hydrogen) atoms. The molecule has 14 aromatic rings. The van der Waals surface area contributed by atoms with E-state index in [0.717, 1.165) is 99.2 Å². The van der Waals surface area contributed by atoms with Crippen LogP contribution in [0.1, 0.15) is 30.5 Å². The Morgan fingerprint density at radius 1 is 0.419 bits per heavy atom. The van der Waals surface area contributed by atoms with Crippen molar-refractivity contribution in [2.75, 3.05) is 0 Å². The first-order valence-corrected chi connectivity index (χ1v) is 25.0. The molecule has 15 rings (SSSR count). The summed E-state index contributed by atoms with van der Waals surface area (Å²) in [5, 5.41) is 17.8. The van der Waals surface area contributed by atoms with E-state index in [4.69, 9.17) is 19.4 Å². The van der Waals surface area contributed by atoms with Crippen molar-refractivity contribution in [2.24, 2.45) is 0 Å². The van der Waals surface area contributed by atoms with Crippen LogP contribution in [0.25, 0.3) is 133 Å². The number of fused-ring (bicyclic) bond motifs is 13. The molecule has 0 N–H and O–H groups in total. The Bertz CT molecular complexity index is 4720. The Balaban J connectivity index is 0.927. The van der Waals surface area contributed by atoms with Gasteiger partial charge in [0.05, 0.1) is 33.3 Å². The fourth-order valence-corrected chi connectivity index (χ4v) is 11.9. The van der Waals surface area contributed by atoms with E-state index in [1.807, 2.05) is 72.8 Å². The Morgan fingerprint density at radius 3 is 1.85 bits per heavy atom. The van der Waals surface area contributed by atoms with Crippen LogP contribution in [0.2, 0.25) is 0 Å². The summed E-state index contributed by atoms with van der Waals surface area (Å²) in [6.07, 6.45) is 0. The Hall–Kier alpha value is -9.90. The van der Waals surface area contributed by atoms with E-state index in [0.29, 0.717) is 28.6 Å². The van der Waals surface area contributed by atoms with Crippen LogP contribution in [-0.4, -0.2) is 24.1 Å². The molecule has 346 valence electrons. The number of aromatic nitrogens is 5. The van der Waals surface area contributed by atoms with Gasteiger partial charge in [-0.05, 0) is 112 Å². The van der Waals surface area contributed by atoms with Gasteiger partial charge in [-0.1, -0.05) is 153 Å². The summed E-state index contributed by atoms with van der Waals surface area (Å²) >= 11 is 0. The lowest BCUT2D eigenvalue weighted by Gasteiger charge is -2.22. The molecule has 0 atom stereocenters. The summed E-state index contributed by atoms with van der Waals surface area (Å²) < 4.78 is 10.9. The van der Waals surface area contributed by atoms with Gasteiger partial charge >= 0.3 is 0 Å². The first-order chi connectivity index (χ1) is 36.4. The second-order valence-electron chi connectivity index (χ2n) is 19.9. The maximum Gasteiger partial charge on any atom is 0.164 e. The van der Waals surface area contributed by atoms with Gasteiger partial charge in [0.1, 0.15) is 17.2 Å². The first kappa shape index (κ1) is 41.8. The normalized spacial score (nSPS) is 12.8. The number of furan rings is 1. The molecular formula is C67H42N6O. The summed E-state index contributed by atoms with van der Waals surface area (Å²) in [5.41, 5.74) is 17.9. The fraction of sp³-hybridized carbons (Fsp3) is 0.0448. The number of nitrogens with zero attached hydrogens (tertiary/aromatic N) is 6. The van der Waals surface area contributed by atoms with E-state index in [-0.39, 0.29) is 5.41 Å². The largest absolute Gasteiger partial charge is 0.456 e. The van der Waals surface area contributed by atoms with Crippen molar-refractivity contribution in [1.29, 1.82) is 5.26 Å². The number of benzene rings is 10. The third-order valence-corrected chi connectivity index (χ3v) is 15.4. The number of para-hydroxylation sites is 3. The summed E-state index contributed by atoms with van der Waals surface area (Å²) in [6, 6.07) is 78.9. The van der Waals surface area contributed by atoms with Crippen LogP contribution >= 0.6 is 0 Å². The molecular weight excluding hydrogens is 905 g/mol. The average molecular weight is 947 g/mol. The topological polar surface area (TPSA) is 85.5 Å². The van der Waals surface area contributed by atoms with Gasteiger partial charge in [-0.15, -0.1) is 0 Å². The molecule has 1 aliphatic carbocycles. The van der Waals surface area contributed by atoms with Gasteiger partial charge in [-0.2, -0.15) is 5.26 Å². The quantitative estimate of drug-likeness (QED) is 0.166. The first-order valence-electron chi connectivity index (χ1n) is 25.0. The molecule has 0 fully saturated rings. The predicted octanol–water partition coefficient (Wildman–Crippen LogP) is 16.8. The van der Waals surface area contributed by atoms with Crippen molar-refractivity contribution in [1.82, 2.24) is 24.1 Å². The summed E-state index contributed by atoms with van der Waals surface area (Å²) in [5.74, 6) is 1.51. The zero-order valence-corrected chi connectivity index (χ0v) is 40.4. The fourth-order valence-electron chi connectivity index (χ4n) is 11.9. The maximum atomic E-state index is 11.3. The number of hydrogen-bond acceptors (Lipinski definition) is 5. The van der Waals surface area contributed by atoms with Crippen LogP contribution in [-0.2, 0) is 5.41 Å². The van der Waals surface area contributed by atoms with Gasteiger partial charge in [-0.3, -0.25) is 0 Å². The molecule has 7 nitrogen and oxygen atoms in total. The van der Waals surface area contributed by atoms with Gasteiger partial charge < -0.3 is 13.6 Å². The molecule has 10 aromatic carbocycles. The zero-order chi connectivity index (χ0) is 49.2. The van der Waals surface area contributed by atoms with Crippen molar-refractivity contribution in [3.05, 3.63) is 235 Å². The van der Waals surface area contributed by atoms with Crippen LogP contribution in [0.4, 0.5) is 0 Å². The van der Waals surface area contributed by atoms with E-state index in [9.17, 15) is 5.26 Å². The molecule has 0 amide bonds. The molecule has 0 saturated carbocycles. The van der Waals surface area contributed by atoms with E-state index in [1.165, 1.54) is 22.3 Å². The van der Waals surface area contributed by atoms with E-state index in [1.54, 1.807) is 0 Å². The Kier molecular flexibility index (Phi) is 8.93. The second-order valence-corrected chi connectivity index (χ2v) is 19.9. The van der Waals surface area contributed by atoms with Gasteiger partial charge in [0.15, 0.2) is 17.5 Å². The number of hydrogen-bond donors (Lipinski definition) is 0. The standard InChI is InChI=1S/C67H42N6O/c1-67(2)54-23-10-6-19-47(54)48-30-29-46(38-55(48)67)72-58-25-12-8-22-52(58)62-59(72)33-31-51-49-20-7-11-24-57(49)73(63(51)62)56-32-27-43(36-45(56)39-68)65-69-64(42-18-14-17-41(35-42)40-15-4-3-5-16-40)70-66(71-65)44-28-34-61-53(37-44)50-21-9-13-26-60(50)74-61/h3-38H,1-2H3. The zero-order valence-electron chi connectivity index (χ0n) is 40.4. The average Bonchev–Trinajstić information content (AvgIpc) is 4.20. The SMILES string of the molecule is CC1(C)c2ccccc2-c2ccc(-n3c4ccccc4c4c3ccc3c5ccccc5n(-c5ccc(-c6nc(-c7cccc(-c8ccccc8)c7)nc(-c7ccc8oc9ccccc9c8c7)n6)cc5C#N)c34)cc21. The highest BCUT2D eigenvalue weighted by molar-refractivity contribution is 6.26. The lowest BCUT2D eigenvalue weighted by Crippen LogP contribution is -2.15. The highest BCUT2D eigenvalue weighted by atomic mass is 16.3. The predicted molar refractivity (Wildman–Crippen MR) is 300 cm³/mol. The number of rotatable bonds is 6. The van der Waals surface area contributed by atoms with Crippen LogP contribution < -0.4 is 0 Å². The molecule has 4 aromatic heterocycles. The minimum absolute atomic E-state index is 0.151. The molecule has 0 saturated heterocycles. The van der Waals surface area contributed by atoms with E-state index < -0.39 is 0 Å². The van der Waals surface area contributed by atoms with Crippen LogP contribution in [0.5, 0.6) is 0 Å². The van der Waals surface area contributed by atoms with Crippen molar-refractivity contribution in [3.63, 3.8) is 0 Å². The van der Waals surface area contributed by atoms with Crippen LogP contribution in [0.15, 0.2) is 223 Å². The lowest BCUT2D eigenvalue weighted by atomic mass is 9.82. The van der Waals surface area contributed by atoms with Gasteiger partial charge in [0.25, 0.3) is 0 Å². The van der Waals surface area contributed by atoms with E-state index in [2.05, 4.69) is 175 Å². The molecule has 0 aliphatic heterocycles. The molecule has 0 spiro atoms.